The van der Waals surface area contributed by atoms with Crippen molar-refractivity contribution in [3.63, 3.8) is 0 Å². The molecule has 1 rings (SSSR count). The minimum absolute atomic E-state index is 0.0142. The van der Waals surface area contributed by atoms with Crippen molar-refractivity contribution < 1.29 is 29.6 Å². The maximum atomic E-state index is 10.9. The molecule has 0 aliphatic heterocycles. The average Bonchev–Trinajstić information content (AvgIpc) is 2.46. The van der Waals surface area contributed by atoms with E-state index in [0.717, 1.165) is 11.8 Å². The van der Waals surface area contributed by atoms with Gasteiger partial charge in [-0.15, -0.1) is 0 Å². The summed E-state index contributed by atoms with van der Waals surface area (Å²) in [4.78, 5) is 21.8. The second-order valence-corrected chi connectivity index (χ2v) is 5.52. The fourth-order valence-corrected chi connectivity index (χ4v) is 2.30. The Labute approximate surface area is 126 Å². The highest BCUT2D eigenvalue weighted by atomic mass is 32.2. The minimum atomic E-state index is -1.43. The van der Waals surface area contributed by atoms with Crippen molar-refractivity contribution in [1.82, 2.24) is 0 Å². The van der Waals surface area contributed by atoms with E-state index >= 15 is 0 Å². The van der Waals surface area contributed by atoms with Gasteiger partial charge in [0.05, 0.1) is 12.7 Å². The molecule has 0 aromatic heterocycles. The number of carbonyl (C=O) groups is 2. The highest BCUT2D eigenvalue weighted by Gasteiger charge is 2.24. The Morgan fingerprint density at radius 2 is 2.10 bits per heavy atom. The van der Waals surface area contributed by atoms with Gasteiger partial charge < -0.3 is 20.1 Å². The molecule has 0 bridgehead atoms. The van der Waals surface area contributed by atoms with E-state index in [0.29, 0.717) is 6.29 Å². The van der Waals surface area contributed by atoms with E-state index in [1.165, 1.54) is 19.1 Å². The third kappa shape index (κ3) is 4.73. The predicted octanol–water partition coefficient (Wildman–Crippen LogP) is 1.28. The number of hydrogen-bond acceptors (Lipinski definition) is 7. The third-order valence-electron chi connectivity index (χ3n) is 2.70. The Balaban J connectivity index is 3.06. The van der Waals surface area contributed by atoms with Gasteiger partial charge in [0.2, 0.25) is 0 Å². The van der Waals surface area contributed by atoms with Crippen LogP contribution in [0.25, 0.3) is 0 Å². The number of rotatable bonds is 7. The van der Waals surface area contributed by atoms with Gasteiger partial charge in [-0.25, -0.2) is 0 Å². The number of thioether (sulfide) groups is 1. The van der Waals surface area contributed by atoms with Gasteiger partial charge in [-0.05, 0) is 19.1 Å². The van der Waals surface area contributed by atoms with Crippen molar-refractivity contribution in [2.24, 2.45) is 0 Å². The summed E-state index contributed by atoms with van der Waals surface area (Å²) in [6, 6.07) is 2.62. The number of hydrogen-bond donors (Lipinski definition) is 3. The Bertz CT molecular complexity index is 516. The van der Waals surface area contributed by atoms with Crippen molar-refractivity contribution in [2.45, 2.75) is 26.1 Å². The van der Waals surface area contributed by atoms with Gasteiger partial charge in [-0.3, -0.25) is 9.59 Å². The molecule has 2 unspecified atom stereocenters. The predicted molar refractivity (Wildman–Crippen MR) is 78.8 cm³/mol. The van der Waals surface area contributed by atoms with Crippen LogP contribution in [0.4, 0.5) is 0 Å². The van der Waals surface area contributed by atoms with Gasteiger partial charge in [0.15, 0.2) is 16.6 Å². The molecule has 21 heavy (non-hydrogen) atoms. The first-order chi connectivity index (χ1) is 9.90. The van der Waals surface area contributed by atoms with Crippen LogP contribution in [-0.4, -0.2) is 45.2 Å². The second kappa shape index (κ2) is 8.02. The Morgan fingerprint density at radius 1 is 1.43 bits per heavy atom. The molecule has 0 aliphatic rings. The molecule has 0 spiro atoms. The number of ether oxygens (including phenoxy) is 1. The number of carbonyl (C=O) groups excluding carboxylic acids is 2. The third-order valence-corrected chi connectivity index (χ3v) is 3.62. The molecule has 3 N–H and O–H groups in total. The number of aliphatic hydroxyl groups excluding tert-OH is 2. The molecule has 0 saturated carbocycles. The standard InChI is InChI=1S/C14H18O6S/c1-3-20-12-5-9(6-15)4-10(14(12)19)13(18)11(17)7-21-8(2)16/h4-6,11,13,17-19H,3,7H2,1-2H3. The van der Waals surface area contributed by atoms with Gasteiger partial charge in [-0.2, -0.15) is 0 Å². The molecule has 0 saturated heterocycles. The first kappa shape index (κ1) is 17.5. The summed E-state index contributed by atoms with van der Waals surface area (Å²) in [5.41, 5.74) is 0.191. The molecule has 6 nitrogen and oxygen atoms in total. The lowest BCUT2D eigenvalue weighted by molar-refractivity contribution is -0.109. The van der Waals surface area contributed by atoms with E-state index in [-0.39, 0.29) is 40.1 Å². The van der Waals surface area contributed by atoms with Crippen molar-refractivity contribution in [2.75, 3.05) is 12.4 Å². The van der Waals surface area contributed by atoms with E-state index in [1.54, 1.807) is 6.92 Å². The molecular weight excluding hydrogens is 296 g/mol. The highest BCUT2D eigenvalue weighted by Crippen LogP contribution is 2.36. The maximum Gasteiger partial charge on any atom is 0.185 e. The summed E-state index contributed by atoms with van der Waals surface area (Å²) >= 11 is 0.861. The number of phenols is 1. The molecule has 0 radical (unpaired) electrons. The van der Waals surface area contributed by atoms with Gasteiger partial charge in [0.1, 0.15) is 12.4 Å². The van der Waals surface area contributed by atoms with E-state index in [4.69, 9.17) is 4.74 Å². The number of phenolic OH excluding ortho intramolecular Hbond substituents is 1. The molecule has 116 valence electrons. The van der Waals surface area contributed by atoms with E-state index < -0.39 is 12.2 Å². The zero-order valence-corrected chi connectivity index (χ0v) is 12.6. The molecule has 0 amide bonds. The zero-order chi connectivity index (χ0) is 16.0. The van der Waals surface area contributed by atoms with Crippen LogP contribution in [0.3, 0.4) is 0 Å². The summed E-state index contributed by atoms with van der Waals surface area (Å²) in [6.07, 6.45) is -2.15. The second-order valence-electron chi connectivity index (χ2n) is 4.32. The van der Waals surface area contributed by atoms with Crippen molar-refractivity contribution in [3.8, 4) is 11.5 Å². The van der Waals surface area contributed by atoms with Crippen molar-refractivity contribution in [3.05, 3.63) is 23.3 Å². The van der Waals surface area contributed by atoms with Crippen LogP contribution in [-0.2, 0) is 4.79 Å². The van der Waals surface area contributed by atoms with Gasteiger partial charge in [-0.1, -0.05) is 11.8 Å². The quantitative estimate of drug-likeness (QED) is 0.651. The fraction of sp³-hybridized carbons (Fsp3) is 0.429. The Kier molecular flexibility index (Phi) is 6.67. The average molecular weight is 314 g/mol. The summed E-state index contributed by atoms with van der Waals surface area (Å²) < 4.78 is 5.19. The van der Waals surface area contributed by atoms with Crippen LogP contribution in [0.5, 0.6) is 11.5 Å². The molecule has 2 atom stereocenters. The zero-order valence-electron chi connectivity index (χ0n) is 11.8. The number of benzene rings is 1. The molecule has 1 aromatic carbocycles. The molecule has 0 aliphatic carbocycles. The van der Waals surface area contributed by atoms with Gasteiger partial charge in [0, 0.05) is 23.8 Å². The topological polar surface area (TPSA) is 104 Å². The van der Waals surface area contributed by atoms with Gasteiger partial charge >= 0.3 is 0 Å². The normalized spacial score (nSPS) is 13.5. The Hall–Kier alpha value is -1.57. The lowest BCUT2D eigenvalue weighted by atomic mass is 10.0. The number of aldehydes is 1. The minimum Gasteiger partial charge on any atom is -0.504 e. The first-order valence-corrected chi connectivity index (χ1v) is 7.33. The summed E-state index contributed by atoms with van der Waals surface area (Å²) in [6.45, 7) is 3.33. The van der Waals surface area contributed by atoms with Crippen LogP contribution < -0.4 is 4.74 Å². The molecular formula is C14H18O6S. The van der Waals surface area contributed by atoms with Gasteiger partial charge in [0.25, 0.3) is 0 Å². The number of aromatic hydroxyl groups is 1. The smallest absolute Gasteiger partial charge is 0.185 e. The molecule has 1 aromatic rings. The van der Waals surface area contributed by atoms with Crippen LogP contribution in [0.1, 0.15) is 35.9 Å². The molecule has 0 heterocycles. The van der Waals surface area contributed by atoms with E-state index in [1.807, 2.05) is 0 Å². The van der Waals surface area contributed by atoms with Crippen LogP contribution in [0.15, 0.2) is 12.1 Å². The van der Waals surface area contributed by atoms with Crippen molar-refractivity contribution in [1.29, 1.82) is 0 Å². The maximum absolute atomic E-state index is 10.9. The lowest BCUT2D eigenvalue weighted by Crippen LogP contribution is -2.21. The summed E-state index contributed by atoms with van der Waals surface area (Å²) in [5, 5.41) is 29.8. The first-order valence-electron chi connectivity index (χ1n) is 6.35. The monoisotopic (exact) mass is 314 g/mol. The highest BCUT2D eigenvalue weighted by molar-refractivity contribution is 8.13. The summed E-state index contributed by atoms with van der Waals surface area (Å²) in [5.74, 6) is -0.296. The molecule has 0 fully saturated rings. The Morgan fingerprint density at radius 3 is 2.62 bits per heavy atom. The number of aliphatic hydroxyl groups is 2. The van der Waals surface area contributed by atoms with Crippen LogP contribution in [0, 0.1) is 0 Å². The van der Waals surface area contributed by atoms with Crippen LogP contribution >= 0.6 is 11.8 Å². The SMILES string of the molecule is CCOc1cc(C=O)cc(C(O)C(O)CSC(C)=O)c1O. The molecule has 7 heteroatoms. The lowest BCUT2D eigenvalue weighted by Gasteiger charge is -2.20. The van der Waals surface area contributed by atoms with E-state index in [2.05, 4.69) is 0 Å². The fourth-order valence-electron chi connectivity index (χ4n) is 1.71. The van der Waals surface area contributed by atoms with Crippen LogP contribution in [0.2, 0.25) is 0 Å². The van der Waals surface area contributed by atoms with Crippen molar-refractivity contribution >= 4 is 23.2 Å². The largest absolute Gasteiger partial charge is 0.504 e. The van der Waals surface area contributed by atoms with E-state index in [9.17, 15) is 24.9 Å². The summed E-state index contributed by atoms with van der Waals surface area (Å²) in [7, 11) is 0.